The molecule has 0 aliphatic heterocycles. The normalized spacial score (nSPS) is 11.9. The highest BCUT2D eigenvalue weighted by atomic mass is 16.3. The van der Waals surface area contributed by atoms with Gasteiger partial charge in [0, 0.05) is 142 Å². The molecule has 0 radical (unpaired) electrons. The van der Waals surface area contributed by atoms with Gasteiger partial charge in [-0.2, -0.15) is 0 Å². The number of hydrogen-bond donors (Lipinski definition) is 0. The number of furan rings is 4. The Bertz CT molecular complexity index is 8760. The predicted octanol–water partition coefficient (Wildman–Crippen LogP) is 29.7. The molecule has 0 aliphatic rings. The molecule has 0 saturated carbocycles. The number of hydrogen-bond acceptors (Lipinski definition) is 12. The lowest BCUT2D eigenvalue weighted by molar-refractivity contribution is 0.668. The van der Waals surface area contributed by atoms with E-state index in [0.717, 1.165) is 231 Å². The number of nitrogens with zero attached hydrogens (tertiary/aromatic N) is 8. The molecule has 124 heavy (non-hydrogen) atoms. The second-order valence-electron chi connectivity index (χ2n) is 31.4. The summed E-state index contributed by atoms with van der Waals surface area (Å²) in [6, 6.07) is 133. The molecular formula is C112H64N8O4. The van der Waals surface area contributed by atoms with Crippen LogP contribution in [0.5, 0.6) is 0 Å². The van der Waals surface area contributed by atoms with Crippen molar-refractivity contribution in [2.45, 2.75) is 0 Å². The van der Waals surface area contributed by atoms with Gasteiger partial charge in [0.2, 0.25) is 0 Å². The Labute approximate surface area is 707 Å². The van der Waals surface area contributed by atoms with Crippen LogP contribution in [0.25, 0.3) is 266 Å². The van der Waals surface area contributed by atoms with Crippen LogP contribution in [-0.2, 0) is 0 Å². The highest BCUT2D eigenvalue weighted by Gasteiger charge is 2.29. The summed E-state index contributed by atoms with van der Waals surface area (Å²) in [6.45, 7) is 0. The van der Waals surface area contributed by atoms with Crippen molar-refractivity contribution in [2.24, 2.45) is 0 Å². The van der Waals surface area contributed by atoms with Gasteiger partial charge in [-0.1, -0.05) is 315 Å². The van der Waals surface area contributed by atoms with Crippen molar-refractivity contribution in [1.82, 2.24) is 39.9 Å². The Morgan fingerprint density at radius 3 is 0.887 bits per heavy atom. The van der Waals surface area contributed by atoms with Gasteiger partial charge >= 0.3 is 0 Å². The van der Waals surface area contributed by atoms with E-state index in [1.54, 1.807) is 0 Å². The molecule has 8 aromatic heterocycles. The molecule has 8 heterocycles. The topological polar surface area (TPSA) is 156 Å². The van der Waals surface area contributed by atoms with Crippen LogP contribution in [-0.4, -0.2) is 39.9 Å². The predicted molar refractivity (Wildman–Crippen MR) is 504 cm³/mol. The van der Waals surface area contributed by atoms with Crippen molar-refractivity contribution in [2.75, 3.05) is 0 Å². The summed E-state index contributed by atoms with van der Waals surface area (Å²) < 4.78 is 27.0. The van der Waals surface area contributed by atoms with E-state index in [9.17, 15) is 0 Å². The highest BCUT2D eigenvalue weighted by molar-refractivity contribution is 6.32. The quantitative estimate of drug-likeness (QED) is 0.120. The van der Waals surface area contributed by atoms with E-state index in [1.807, 2.05) is 115 Å². The molecular weight excluding hydrogens is 1520 g/mol. The molecule has 26 aromatic rings. The summed E-state index contributed by atoms with van der Waals surface area (Å²) >= 11 is 0. The van der Waals surface area contributed by atoms with Gasteiger partial charge in [0.15, 0.2) is 34.9 Å². The van der Waals surface area contributed by atoms with Gasteiger partial charge in [-0.05, 0) is 94.3 Å². The number of pyridine rings is 2. The van der Waals surface area contributed by atoms with E-state index in [1.165, 1.54) is 0 Å². The Morgan fingerprint density at radius 2 is 0.468 bits per heavy atom. The molecule has 0 spiro atoms. The maximum absolute atomic E-state index is 6.78. The van der Waals surface area contributed by atoms with Crippen LogP contribution in [0.15, 0.2) is 406 Å². The first-order valence-electron chi connectivity index (χ1n) is 41.4. The standard InChI is InChI=1S/C60H34N4O2.C52H30N4O2/c1-3-15-37-31-41(29-27-35(37)13-1)59-62-58(63-60(64-59)42-30-28-36-14-2-4-16-38(36)32-42)40-18-11-17-39(33-40)56-48-34-52-54(46-21-7-10-26-51(46)65-52)55(53(48)45-20-5-8-24-49(45)61-56)47-23-12-22-44-43-19-6-9-25-50(43)66-57(44)47;1-3-15-31(16-4-1)50-54-51(32-17-5-2-6-18-32)56-52(55-50)34-20-13-19-33(29-34)48-40-30-44-46(38-23-9-12-28-43(38)57-44)47(45(40)37-22-7-10-26-41(37)53-48)39-25-14-24-36-35-21-8-11-27-42(35)58-49(36)39/h1-34H;1-30H. The van der Waals surface area contributed by atoms with Gasteiger partial charge in [-0.15, -0.1) is 0 Å². The molecule has 0 amide bonds. The minimum atomic E-state index is 0.570. The van der Waals surface area contributed by atoms with Gasteiger partial charge in [-0.3, -0.25) is 0 Å². The number of fused-ring (bicyclic) bond motifs is 20. The van der Waals surface area contributed by atoms with Crippen molar-refractivity contribution >= 4 is 153 Å². The van der Waals surface area contributed by atoms with E-state index in [4.69, 9.17) is 57.5 Å². The molecule has 576 valence electrons. The summed E-state index contributed by atoms with van der Waals surface area (Å²) in [5, 5.41) is 19.2. The lowest BCUT2D eigenvalue weighted by atomic mass is 9.88. The smallest absolute Gasteiger partial charge is 0.164 e. The Kier molecular flexibility index (Phi) is 16.0. The average Bonchev–Trinajstić information content (AvgIpc) is 1.61. The molecule has 0 fully saturated rings. The SMILES string of the molecule is c1cc(-c2nc(-c3ccc4ccccc4c3)nc(-c3ccc4ccccc4c3)n2)cc(-c2nc3ccccc3c3c(-c4cccc5c4oc4ccccc45)c4c(cc23)oc2ccccc24)c1.c1ccc(-c2nc(-c3ccccc3)nc(-c3cccc(-c4nc5ccccc5c5c(-c6cccc7c6oc6ccccc67)c6c(cc45)oc4ccccc46)c3)n2)cc1. The van der Waals surface area contributed by atoms with Gasteiger partial charge < -0.3 is 17.7 Å². The van der Waals surface area contributed by atoms with Crippen LogP contribution in [0, 0.1) is 0 Å². The first kappa shape index (κ1) is 70.1. The Hall–Kier alpha value is -17.0. The molecule has 0 atom stereocenters. The van der Waals surface area contributed by atoms with Gasteiger partial charge in [0.25, 0.3) is 0 Å². The third-order valence-electron chi connectivity index (χ3n) is 24.1. The van der Waals surface area contributed by atoms with E-state index in [-0.39, 0.29) is 0 Å². The maximum atomic E-state index is 6.78. The van der Waals surface area contributed by atoms with E-state index in [0.29, 0.717) is 34.9 Å². The molecule has 12 heteroatoms. The fraction of sp³-hybridized carbons (Fsp3) is 0. The van der Waals surface area contributed by atoms with Crippen molar-refractivity contribution in [3.8, 4) is 113 Å². The second-order valence-corrected chi connectivity index (χ2v) is 31.4. The minimum Gasteiger partial charge on any atom is -0.456 e. The van der Waals surface area contributed by atoms with Crippen LogP contribution in [0.3, 0.4) is 0 Å². The monoisotopic (exact) mass is 1580 g/mol. The zero-order valence-corrected chi connectivity index (χ0v) is 66.2. The third kappa shape index (κ3) is 11.6. The average molecular weight is 1590 g/mol. The molecule has 0 N–H and O–H groups in total. The van der Waals surface area contributed by atoms with Crippen molar-refractivity contribution in [3.05, 3.63) is 388 Å². The van der Waals surface area contributed by atoms with Crippen LogP contribution >= 0.6 is 0 Å². The second kappa shape index (κ2) is 28.4. The number of benzene rings is 18. The largest absolute Gasteiger partial charge is 0.456 e. The van der Waals surface area contributed by atoms with Crippen molar-refractivity contribution < 1.29 is 17.7 Å². The number of para-hydroxylation sites is 8. The minimum absolute atomic E-state index is 0.570. The fourth-order valence-corrected chi connectivity index (χ4v) is 18.5. The van der Waals surface area contributed by atoms with Gasteiger partial charge in [0.05, 0.1) is 22.4 Å². The first-order valence-corrected chi connectivity index (χ1v) is 41.4. The summed E-state index contributed by atoms with van der Waals surface area (Å²) in [5.41, 5.74) is 21.3. The molecule has 18 aromatic carbocycles. The molecule has 0 bridgehead atoms. The van der Waals surface area contributed by atoms with Gasteiger partial charge in [-0.25, -0.2) is 39.9 Å². The molecule has 0 unspecified atom stereocenters. The van der Waals surface area contributed by atoms with Crippen LogP contribution in [0.2, 0.25) is 0 Å². The van der Waals surface area contributed by atoms with Gasteiger partial charge in [0.1, 0.15) is 44.7 Å². The summed E-state index contributed by atoms with van der Waals surface area (Å²) in [4.78, 5) is 41.5. The summed E-state index contributed by atoms with van der Waals surface area (Å²) in [5.74, 6) is 3.58. The fourth-order valence-electron chi connectivity index (χ4n) is 18.5. The van der Waals surface area contributed by atoms with Crippen LogP contribution in [0.1, 0.15) is 0 Å². The Balaban J connectivity index is 0.000000137. The first-order chi connectivity index (χ1) is 61.4. The van der Waals surface area contributed by atoms with Crippen LogP contribution < -0.4 is 0 Å². The third-order valence-corrected chi connectivity index (χ3v) is 24.1. The van der Waals surface area contributed by atoms with E-state index in [2.05, 4.69) is 273 Å². The molecule has 12 nitrogen and oxygen atoms in total. The molecule has 26 rings (SSSR count). The Morgan fingerprint density at radius 1 is 0.161 bits per heavy atom. The molecule has 0 saturated heterocycles. The summed E-state index contributed by atoms with van der Waals surface area (Å²) in [7, 11) is 0. The molecule has 0 aliphatic carbocycles. The van der Waals surface area contributed by atoms with E-state index < -0.39 is 0 Å². The number of rotatable bonds is 10. The van der Waals surface area contributed by atoms with Crippen molar-refractivity contribution in [3.63, 3.8) is 0 Å². The number of aromatic nitrogens is 8. The lowest BCUT2D eigenvalue weighted by Crippen LogP contribution is -2.00. The van der Waals surface area contributed by atoms with E-state index >= 15 is 0 Å². The maximum Gasteiger partial charge on any atom is 0.164 e. The zero-order chi connectivity index (χ0) is 81.5. The zero-order valence-electron chi connectivity index (χ0n) is 66.2. The van der Waals surface area contributed by atoms with Crippen molar-refractivity contribution in [1.29, 1.82) is 0 Å². The lowest BCUT2D eigenvalue weighted by Gasteiger charge is -2.16. The summed E-state index contributed by atoms with van der Waals surface area (Å²) in [6.07, 6.45) is 0. The van der Waals surface area contributed by atoms with Crippen LogP contribution in [0.4, 0.5) is 0 Å². The highest BCUT2D eigenvalue weighted by Crippen LogP contribution is 2.52.